The van der Waals surface area contributed by atoms with Crippen molar-refractivity contribution in [2.75, 3.05) is 11.5 Å². The Balaban J connectivity index is 1.58. The van der Waals surface area contributed by atoms with Crippen molar-refractivity contribution >= 4 is 58.4 Å². The van der Waals surface area contributed by atoms with Crippen molar-refractivity contribution in [1.82, 2.24) is 25.9 Å². The first kappa shape index (κ1) is 28.8. The Morgan fingerprint density at radius 2 is 1.67 bits per heavy atom. The normalized spacial score (nSPS) is 20.9. The number of thioether (sulfide) groups is 2. The highest BCUT2D eigenvalue weighted by molar-refractivity contribution is 7.98. The van der Waals surface area contributed by atoms with Gasteiger partial charge >= 0.3 is 0 Å². The maximum absolute atomic E-state index is 13.4. The van der Waals surface area contributed by atoms with Crippen LogP contribution in [-0.2, 0) is 21.1 Å². The molecule has 0 fully saturated rings. The van der Waals surface area contributed by atoms with E-state index >= 15 is 0 Å². The average molecular weight is 584 g/mol. The summed E-state index contributed by atoms with van der Waals surface area (Å²) in [5.74, 6) is 0.133. The Labute approximate surface area is 239 Å². The number of Topliss-reactive ketones (excluding diaryl/α,β-unsaturated/α-hetero) is 1. The molecular weight excluding hydrogens is 555 g/mol. The molecule has 1 aliphatic rings. The van der Waals surface area contributed by atoms with Crippen LogP contribution in [0.5, 0.6) is 0 Å². The van der Waals surface area contributed by atoms with Gasteiger partial charge in [-0.3, -0.25) is 24.2 Å². The lowest BCUT2D eigenvalue weighted by atomic mass is 10.1. The number of fused-ring (bicyclic) bond motifs is 2. The molecule has 204 valence electrons. The Morgan fingerprint density at radius 3 is 2.33 bits per heavy atom. The quantitative estimate of drug-likeness (QED) is 0.391. The molecule has 0 unspecified atom stereocenters. The zero-order valence-electron chi connectivity index (χ0n) is 21.3. The first-order chi connectivity index (χ1) is 18.9. The summed E-state index contributed by atoms with van der Waals surface area (Å²) >= 11 is 4.19. The number of thiazole rings is 1. The number of nitrogens with zero attached hydrogens (tertiary/aromatic N) is 2. The number of carbonyl (C=O) groups is 4. The van der Waals surface area contributed by atoms with E-state index < -0.39 is 29.9 Å². The highest BCUT2D eigenvalue weighted by Crippen LogP contribution is 2.18. The van der Waals surface area contributed by atoms with Crippen LogP contribution < -0.4 is 16.0 Å². The van der Waals surface area contributed by atoms with Gasteiger partial charge in [0, 0.05) is 40.2 Å². The van der Waals surface area contributed by atoms with Gasteiger partial charge in [-0.05, 0) is 30.7 Å². The van der Waals surface area contributed by atoms with Gasteiger partial charge in [0.1, 0.15) is 18.1 Å². The molecule has 2 aromatic heterocycles. The Kier molecular flexibility index (Phi) is 10.5. The Hall–Kier alpha value is -3.22. The van der Waals surface area contributed by atoms with E-state index in [2.05, 4.69) is 20.9 Å². The number of aromatic nitrogens is 2. The van der Waals surface area contributed by atoms with Crippen LogP contribution in [-0.4, -0.2) is 63.1 Å². The van der Waals surface area contributed by atoms with Gasteiger partial charge in [0.15, 0.2) is 5.01 Å². The predicted molar refractivity (Wildman–Crippen MR) is 155 cm³/mol. The third-order valence-corrected chi connectivity index (χ3v) is 8.83. The van der Waals surface area contributed by atoms with E-state index in [0.717, 1.165) is 11.4 Å². The molecule has 0 saturated carbocycles. The summed E-state index contributed by atoms with van der Waals surface area (Å²) in [6.45, 7) is 1.78. The molecule has 3 atom stereocenters. The van der Waals surface area contributed by atoms with Crippen LogP contribution >= 0.6 is 34.9 Å². The fraction of sp³-hybridized carbons (Fsp3) is 0.333. The summed E-state index contributed by atoms with van der Waals surface area (Å²) in [7, 11) is 0. The second-order valence-corrected chi connectivity index (χ2v) is 11.7. The first-order valence-corrected chi connectivity index (χ1v) is 15.6. The number of pyridine rings is 1. The van der Waals surface area contributed by atoms with Gasteiger partial charge in [-0.25, -0.2) is 4.98 Å². The van der Waals surface area contributed by atoms with Crippen LogP contribution in [0.1, 0.15) is 44.9 Å². The van der Waals surface area contributed by atoms with Crippen molar-refractivity contribution in [3.63, 3.8) is 0 Å². The van der Waals surface area contributed by atoms with Crippen LogP contribution in [0, 0.1) is 0 Å². The van der Waals surface area contributed by atoms with Crippen LogP contribution in [0.4, 0.5) is 0 Å². The van der Waals surface area contributed by atoms with E-state index in [4.69, 9.17) is 4.98 Å². The minimum atomic E-state index is -0.885. The Morgan fingerprint density at radius 1 is 0.949 bits per heavy atom. The third kappa shape index (κ3) is 8.13. The highest BCUT2D eigenvalue weighted by atomic mass is 32.2. The number of ketones is 1. The maximum Gasteiger partial charge on any atom is 0.251 e. The molecule has 0 aliphatic carbocycles. The van der Waals surface area contributed by atoms with Crippen molar-refractivity contribution in [3.05, 3.63) is 82.1 Å². The van der Waals surface area contributed by atoms with Crippen LogP contribution in [0.2, 0.25) is 0 Å². The summed E-state index contributed by atoms with van der Waals surface area (Å²) in [6, 6.07) is 11.8. The lowest BCUT2D eigenvalue weighted by molar-refractivity contribution is -0.129. The highest BCUT2D eigenvalue weighted by Gasteiger charge is 2.30. The number of carbonyl (C=O) groups excluding carboxylic acids is 4. The van der Waals surface area contributed by atoms with E-state index in [0.29, 0.717) is 34.3 Å². The minimum absolute atomic E-state index is 0.278. The van der Waals surface area contributed by atoms with Crippen LogP contribution in [0.25, 0.3) is 0 Å². The van der Waals surface area contributed by atoms with Crippen molar-refractivity contribution in [2.24, 2.45) is 0 Å². The molecule has 0 spiro atoms. The topological polar surface area (TPSA) is 130 Å². The van der Waals surface area contributed by atoms with Gasteiger partial charge in [-0.15, -0.1) is 11.3 Å². The number of hydrogen-bond acceptors (Lipinski definition) is 9. The molecule has 2 bridgehead atoms. The molecule has 1 aromatic carbocycles. The lowest BCUT2D eigenvalue weighted by Gasteiger charge is -2.24. The summed E-state index contributed by atoms with van der Waals surface area (Å²) < 4.78 is 0. The van der Waals surface area contributed by atoms with Gasteiger partial charge in [-0.1, -0.05) is 31.2 Å². The molecule has 1 aliphatic heterocycles. The first-order valence-electron chi connectivity index (χ1n) is 12.4. The van der Waals surface area contributed by atoms with E-state index in [-0.39, 0.29) is 17.4 Å². The average Bonchev–Trinajstić information content (AvgIpc) is 3.49. The molecular formula is C27H29N5O4S3. The van der Waals surface area contributed by atoms with Crippen LogP contribution in [0.3, 0.4) is 0 Å². The molecule has 3 N–H and O–H groups in total. The van der Waals surface area contributed by atoms with Crippen molar-refractivity contribution in [3.8, 4) is 0 Å². The summed E-state index contributed by atoms with van der Waals surface area (Å²) in [5.41, 5.74) is 2.14. The fourth-order valence-electron chi connectivity index (χ4n) is 3.84. The van der Waals surface area contributed by atoms with E-state index in [1.165, 1.54) is 34.9 Å². The third-order valence-electron chi connectivity index (χ3n) is 5.91. The van der Waals surface area contributed by atoms with E-state index in [9.17, 15) is 19.2 Å². The van der Waals surface area contributed by atoms with Crippen molar-refractivity contribution in [2.45, 2.75) is 43.0 Å². The zero-order valence-corrected chi connectivity index (χ0v) is 23.7. The number of nitrogens with one attached hydrogen (secondary N) is 3. The Bertz CT molecular complexity index is 1290. The van der Waals surface area contributed by atoms with Gasteiger partial charge in [0.2, 0.25) is 17.6 Å². The molecule has 4 rings (SSSR count). The van der Waals surface area contributed by atoms with Crippen LogP contribution in [0.15, 0.2) is 60.1 Å². The molecule has 39 heavy (non-hydrogen) atoms. The standard InChI is InChI=1S/C27H29N5O4S3/c1-2-20-25(35)31-21(23(33)27-28-11-12-39-27)15-37-13-18-9-6-10-19(29-18)14-38-16-22(26(36)30-20)32-24(34)17-7-4-3-5-8-17/h3-12,20-22H,2,13-16H2,1H3,(H,30,36)(H,31,35)(H,32,34)/t20-,21-,22-/m0/s1. The van der Waals surface area contributed by atoms with Crippen molar-refractivity contribution in [1.29, 1.82) is 0 Å². The number of rotatable bonds is 5. The predicted octanol–water partition coefficient (Wildman–Crippen LogP) is 3.08. The largest absolute Gasteiger partial charge is 0.343 e. The van der Waals surface area contributed by atoms with Gasteiger partial charge in [-0.2, -0.15) is 23.5 Å². The van der Waals surface area contributed by atoms with E-state index in [1.54, 1.807) is 42.8 Å². The molecule has 9 nitrogen and oxygen atoms in total. The smallest absolute Gasteiger partial charge is 0.251 e. The van der Waals surface area contributed by atoms with Gasteiger partial charge < -0.3 is 16.0 Å². The molecule has 12 heteroatoms. The summed E-state index contributed by atoms with van der Waals surface area (Å²) in [4.78, 5) is 61.4. The van der Waals surface area contributed by atoms with E-state index in [1.807, 2.05) is 24.3 Å². The van der Waals surface area contributed by atoms with Gasteiger partial charge in [0.25, 0.3) is 5.91 Å². The van der Waals surface area contributed by atoms with Gasteiger partial charge in [0.05, 0.1) is 11.4 Å². The SMILES string of the molecule is CC[C@@H]1NC(=O)[C@@H](NC(=O)c2ccccc2)CSCc2cccc(n2)CSC[C@@H](C(=O)c2nccs2)NC1=O. The molecule has 3 aromatic rings. The fourth-order valence-corrected chi connectivity index (χ4v) is 6.39. The second kappa shape index (κ2) is 14.2. The number of hydrogen-bond donors (Lipinski definition) is 3. The number of benzene rings is 1. The summed E-state index contributed by atoms with van der Waals surface area (Å²) in [5, 5.41) is 10.4. The van der Waals surface area contributed by atoms with Crippen molar-refractivity contribution < 1.29 is 19.2 Å². The zero-order chi connectivity index (χ0) is 27.6. The molecule has 0 radical (unpaired) electrons. The maximum atomic E-state index is 13.4. The number of amides is 3. The molecule has 3 amide bonds. The molecule has 3 heterocycles. The minimum Gasteiger partial charge on any atom is -0.343 e. The monoisotopic (exact) mass is 583 g/mol. The lowest BCUT2D eigenvalue weighted by Crippen LogP contribution is -2.56. The molecule has 0 saturated heterocycles. The second-order valence-electron chi connectivity index (χ2n) is 8.77. The summed E-state index contributed by atoms with van der Waals surface area (Å²) in [6.07, 6.45) is 1.86.